The number of rotatable bonds is 8. The zero-order chi connectivity index (χ0) is 24.5. The molecule has 4 N–H and O–H groups in total. The first kappa shape index (κ1) is 25.8. The molecule has 188 valence electrons. The van der Waals surface area contributed by atoms with Crippen molar-refractivity contribution >= 4 is 11.3 Å². The van der Waals surface area contributed by atoms with Gasteiger partial charge in [-0.05, 0) is 86.2 Å². The Bertz CT molecular complexity index is 962. The van der Waals surface area contributed by atoms with E-state index in [0.29, 0.717) is 12.3 Å². The first-order valence-electron chi connectivity index (χ1n) is 13.0. The maximum atomic E-state index is 9.94. The lowest BCUT2D eigenvalue weighted by Crippen LogP contribution is -2.39. The monoisotopic (exact) mass is 485 g/mol. The maximum Gasteiger partial charge on any atom is 0.0964 e. The molecule has 0 radical (unpaired) electrons. The fraction of sp³-hybridized carbons (Fsp3) is 0.679. The molecule has 2 heterocycles. The van der Waals surface area contributed by atoms with Gasteiger partial charge >= 0.3 is 0 Å². The SMILES string of the molecule is CC1(C)CCC(C)(C)c2cc(-c3csc(C4CCN(CCC[C@@H](O)[C@H](N)CO)CC4)n3)ccc21. The number of hydrogen-bond donors (Lipinski definition) is 3. The Kier molecular flexibility index (Phi) is 7.85. The number of likely N-dealkylation sites (tertiary alicyclic amines) is 1. The molecule has 34 heavy (non-hydrogen) atoms. The highest BCUT2D eigenvalue weighted by Crippen LogP contribution is 2.47. The highest BCUT2D eigenvalue weighted by Gasteiger charge is 2.37. The average Bonchev–Trinajstić information content (AvgIpc) is 3.32. The standard InChI is InChI=1S/C28H43N3O2S/c1-27(2)11-12-28(3,4)22-16-20(7-8-21(22)27)24-18-34-26(30-24)19-9-14-31(15-10-19)13-5-6-25(33)23(29)17-32/h7-8,16,18-19,23,25,32-33H,5-6,9-15,17,29H2,1-4H3/t23-,25-/m1/s1. The second kappa shape index (κ2) is 10.4. The summed E-state index contributed by atoms with van der Waals surface area (Å²) in [7, 11) is 0. The molecule has 6 heteroatoms. The van der Waals surface area contributed by atoms with Crippen LogP contribution >= 0.6 is 11.3 Å². The summed E-state index contributed by atoms with van der Waals surface area (Å²) in [5.74, 6) is 0.538. The maximum absolute atomic E-state index is 9.94. The molecule has 1 aliphatic heterocycles. The average molecular weight is 486 g/mol. The van der Waals surface area contributed by atoms with Crippen molar-refractivity contribution in [1.29, 1.82) is 0 Å². The van der Waals surface area contributed by atoms with Crippen molar-refractivity contribution in [2.75, 3.05) is 26.2 Å². The highest BCUT2D eigenvalue weighted by molar-refractivity contribution is 7.10. The number of aliphatic hydroxyl groups is 2. The van der Waals surface area contributed by atoms with E-state index in [1.54, 1.807) is 0 Å². The van der Waals surface area contributed by atoms with Crippen LogP contribution in [0.5, 0.6) is 0 Å². The fourth-order valence-electron chi connectivity index (χ4n) is 5.62. The first-order valence-corrected chi connectivity index (χ1v) is 13.9. The van der Waals surface area contributed by atoms with Gasteiger partial charge in [0.2, 0.25) is 0 Å². The van der Waals surface area contributed by atoms with Gasteiger partial charge < -0.3 is 20.8 Å². The van der Waals surface area contributed by atoms with Crippen LogP contribution in [-0.2, 0) is 10.8 Å². The predicted molar refractivity (Wildman–Crippen MR) is 142 cm³/mol. The molecule has 1 fully saturated rings. The van der Waals surface area contributed by atoms with Gasteiger partial charge in [-0.15, -0.1) is 11.3 Å². The second-order valence-corrected chi connectivity index (χ2v) is 12.7. The van der Waals surface area contributed by atoms with Crippen molar-refractivity contribution < 1.29 is 10.2 Å². The van der Waals surface area contributed by atoms with Gasteiger partial charge in [-0.1, -0.05) is 39.8 Å². The Hall–Kier alpha value is -1.31. The number of fused-ring (bicyclic) bond motifs is 1. The minimum atomic E-state index is -0.614. The van der Waals surface area contributed by atoms with Crippen molar-refractivity contribution in [2.24, 2.45) is 5.73 Å². The Morgan fingerprint density at radius 3 is 2.47 bits per heavy atom. The molecular formula is C28H43N3O2S. The van der Waals surface area contributed by atoms with E-state index >= 15 is 0 Å². The van der Waals surface area contributed by atoms with Gasteiger partial charge in [0.05, 0.1) is 29.5 Å². The van der Waals surface area contributed by atoms with E-state index in [0.717, 1.165) is 44.6 Å². The Labute approximate surface area is 209 Å². The van der Waals surface area contributed by atoms with Crippen LogP contribution in [0.25, 0.3) is 11.3 Å². The van der Waals surface area contributed by atoms with Crippen LogP contribution in [0.3, 0.4) is 0 Å². The summed E-state index contributed by atoms with van der Waals surface area (Å²) in [6.07, 6.45) is 5.68. The van der Waals surface area contributed by atoms with Crippen LogP contribution in [0, 0.1) is 0 Å². The van der Waals surface area contributed by atoms with Gasteiger partial charge in [-0.3, -0.25) is 0 Å². The molecule has 0 unspecified atom stereocenters. The molecule has 1 saturated heterocycles. The quantitative estimate of drug-likeness (QED) is 0.500. The number of nitrogens with two attached hydrogens (primary N) is 1. The van der Waals surface area contributed by atoms with E-state index in [2.05, 4.69) is 56.2 Å². The fourth-order valence-corrected chi connectivity index (χ4v) is 6.62. The molecule has 4 rings (SSSR count). The minimum Gasteiger partial charge on any atom is -0.395 e. The van der Waals surface area contributed by atoms with Gasteiger partial charge in [0.15, 0.2) is 0 Å². The molecule has 5 nitrogen and oxygen atoms in total. The summed E-state index contributed by atoms with van der Waals surface area (Å²) in [5, 5.41) is 22.5. The summed E-state index contributed by atoms with van der Waals surface area (Å²) in [6, 6.07) is 6.51. The van der Waals surface area contributed by atoms with Crippen molar-refractivity contribution in [2.45, 2.75) is 95.1 Å². The molecule has 0 saturated carbocycles. The van der Waals surface area contributed by atoms with E-state index in [1.807, 2.05) is 11.3 Å². The van der Waals surface area contributed by atoms with Crippen LogP contribution in [0.15, 0.2) is 23.6 Å². The third kappa shape index (κ3) is 5.57. The lowest BCUT2D eigenvalue weighted by molar-refractivity contribution is 0.0943. The number of thiazole rings is 1. The molecule has 1 aromatic carbocycles. The van der Waals surface area contributed by atoms with Crippen LogP contribution in [0.1, 0.15) is 88.3 Å². The molecule has 1 aliphatic carbocycles. The lowest BCUT2D eigenvalue weighted by Gasteiger charge is -2.42. The largest absolute Gasteiger partial charge is 0.395 e. The van der Waals surface area contributed by atoms with Crippen molar-refractivity contribution in [3.05, 3.63) is 39.7 Å². The van der Waals surface area contributed by atoms with E-state index in [9.17, 15) is 5.11 Å². The molecule has 0 bridgehead atoms. The van der Waals surface area contributed by atoms with E-state index in [1.165, 1.54) is 34.5 Å². The zero-order valence-corrected chi connectivity index (χ0v) is 22.2. The lowest BCUT2D eigenvalue weighted by atomic mass is 9.63. The Morgan fingerprint density at radius 1 is 1.12 bits per heavy atom. The van der Waals surface area contributed by atoms with Crippen LogP contribution in [-0.4, -0.2) is 58.5 Å². The molecule has 2 atom stereocenters. The van der Waals surface area contributed by atoms with Gasteiger partial charge in [-0.25, -0.2) is 4.98 Å². The minimum absolute atomic E-state index is 0.163. The number of piperidine rings is 1. The topological polar surface area (TPSA) is 82.6 Å². The smallest absolute Gasteiger partial charge is 0.0964 e. The van der Waals surface area contributed by atoms with Crippen molar-refractivity contribution in [1.82, 2.24) is 9.88 Å². The zero-order valence-electron chi connectivity index (χ0n) is 21.4. The van der Waals surface area contributed by atoms with Crippen LogP contribution in [0.4, 0.5) is 0 Å². The Morgan fingerprint density at radius 2 is 1.79 bits per heavy atom. The summed E-state index contributed by atoms with van der Waals surface area (Å²) >= 11 is 1.82. The number of hydrogen-bond acceptors (Lipinski definition) is 6. The van der Waals surface area contributed by atoms with Crippen LogP contribution < -0.4 is 5.73 Å². The summed E-state index contributed by atoms with van der Waals surface area (Å²) < 4.78 is 0. The number of aromatic nitrogens is 1. The van der Waals surface area contributed by atoms with Gasteiger partial charge in [0, 0.05) is 16.9 Å². The summed E-state index contributed by atoms with van der Waals surface area (Å²) in [4.78, 5) is 7.59. The van der Waals surface area contributed by atoms with Gasteiger partial charge in [0.25, 0.3) is 0 Å². The van der Waals surface area contributed by atoms with E-state index < -0.39 is 12.1 Å². The molecule has 1 aromatic heterocycles. The molecular weight excluding hydrogens is 442 g/mol. The third-order valence-corrected chi connectivity index (χ3v) is 9.29. The van der Waals surface area contributed by atoms with E-state index in [-0.39, 0.29) is 17.4 Å². The van der Waals surface area contributed by atoms with Crippen molar-refractivity contribution in [3.8, 4) is 11.3 Å². The second-order valence-electron chi connectivity index (χ2n) is 11.8. The van der Waals surface area contributed by atoms with Gasteiger partial charge in [0.1, 0.15) is 0 Å². The summed E-state index contributed by atoms with van der Waals surface area (Å²) in [6.45, 7) is 12.5. The van der Waals surface area contributed by atoms with Crippen molar-refractivity contribution in [3.63, 3.8) is 0 Å². The molecule has 2 aliphatic rings. The molecule has 0 spiro atoms. The molecule has 2 aromatic rings. The third-order valence-electron chi connectivity index (χ3n) is 8.29. The first-order chi connectivity index (χ1) is 16.1. The number of nitrogens with zero attached hydrogens (tertiary/aromatic N) is 2. The normalized spacial score (nSPS) is 22.3. The number of aliphatic hydroxyl groups excluding tert-OH is 2. The highest BCUT2D eigenvalue weighted by atomic mass is 32.1. The summed E-state index contributed by atoms with van der Waals surface area (Å²) in [5.41, 5.74) is 11.5. The molecule has 0 amide bonds. The van der Waals surface area contributed by atoms with E-state index in [4.69, 9.17) is 15.8 Å². The Balaban J connectivity index is 1.36. The van der Waals surface area contributed by atoms with Gasteiger partial charge in [-0.2, -0.15) is 0 Å². The van der Waals surface area contributed by atoms with Crippen LogP contribution in [0.2, 0.25) is 0 Å². The predicted octanol–water partition coefficient (Wildman–Crippen LogP) is 4.80. The number of benzene rings is 1.